The number of methoxy groups -OCH3 is 2. The molecule has 3 rings (SSSR count). The standard InChI is InChI=1S/C17H17NO3/c1-20-15-9-11-7-8-18-17(19)13-6-4-3-5-12(13)14(11)10-16(15)21-2/h3-6,9-10H,7-8H2,1-2H3,(H,18,19). The SMILES string of the molecule is COc1cc2c(cc1OC)-c1ccccc1C(=O)NCC2. The summed E-state index contributed by atoms with van der Waals surface area (Å²) in [7, 11) is 3.24. The minimum atomic E-state index is -0.0361. The van der Waals surface area contributed by atoms with Gasteiger partial charge in [-0.15, -0.1) is 0 Å². The van der Waals surface area contributed by atoms with E-state index in [0.29, 0.717) is 23.6 Å². The fourth-order valence-corrected chi connectivity index (χ4v) is 2.70. The maximum atomic E-state index is 12.2. The summed E-state index contributed by atoms with van der Waals surface area (Å²) in [5, 5.41) is 2.94. The van der Waals surface area contributed by atoms with Gasteiger partial charge in [0.15, 0.2) is 11.5 Å². The van der Waals surface area contributed by atoms with E-state index < -0.39 is 0 Å². The molecule has 0 radical (unpaired) electrons. The van der Waals surface area contributed by atoms with Gasteiger partial charge >= 0.3 is 0 Å². The Bertz CT molecular complexity index is 694. The maximum absolute atomic E-state index is 12.2. The Hall–Kier alpha value is -2.49. The van der Waals surface area contributed by atoms with Crippen LogP contribution in [0.15, 0.2) is 36.4 Å². The largest absolute Gasteiger partial charge is 0.493 e. The van der Waals surface area contributed by atoms with Crippen molar-refractivity contribution < 1.29 is 14.3 Å². The van der Waals surface area contributed by atoms with Gasteiger partial charge in [-0.1, -0.05) is 18.2 Å². The molecule has 0 saturated heterocycles. The first-order chi connectivity index (χ1) is 10.2. The molecule has 2 aromatic carbocycles. The number of ether oxygens (including phenoxy) is 2. The highest BCUT2D eigenvalue weighted by Crippen LogP contribution is 2.37. The Morgan fingerprint density at radius 2 is 1.62 bits per heavy atom. The van der Waals surface area contributed by atoms with Crippen LogP contribution in [0.1, 0.15) is 15.9 Å². The summed E-state index contributed by atoms with van der Waals surface area (Å²) >= 11 is 0. The van der Waals surface area contributed by atoms with Gasteiger partial charge in [-0.3, -0.25) is 4.79 Å². The molecule has 0 atom stereocenters. The highest BCUT2D eigenvalue weighted by molar-refractivity contribution is 6.01. The van der Waals surface area contributed by atoms with Gasteiger partial charge in [0.1, 0.15) is 0 Å². The summed E-state index contributed by atoms with van der Waals surface area (Å²) in [6, 6.07) is 11.6. The van der Waals surface area contributed by atoms with Crippen molar-refractivity contribution in [1.29, 1.82) is 0 Å². The minimum Gasteiger partial charge on any atom is -0.493 e. The van der Waals surface area contributed by atoms with Crippen molar-refractivity contribution >= 4 is 5.91 Å². The van der Waals surface area contributed by atoms with Gasteiger partial charge < -0.3 is 14.8 Å². The van der Waals surface area contributed by atoms with Crippen molar-refractivity contribution in [2.75, 3.05) is 20.8 Å². The Morgan fingerprint density at radius 3 is 2.33 bits per heavy atom. The lowest BCUT2D eigenvalue weighted by molar-refractivity contribution is 0.0954. The molecule has 4 nitrogen and oxygen atoms in total. The third kappa shape index (κ3) is 2.33. The van der Waals surface area contributed by atoms with Gasteiger partial charge in [0.25, 0.3) is 5.91 Å². The molecule has 1 N–H and O–H groups in total. The lowest BCUT2D eigenvalue weighted by Gasteiger charge is -2.20. The van der Waals surface area contributed by atoms with Gasteiger partial charge in [-0.05, 0) is 41.3 Å². The fraction of sp³-hybridized carbons (Fsp3) is 0.235. The van der Waals surface area contributed by atoms with Crippen LogP contribution in [0, 0.1) is 0 Å². The van der Waals surface area contributed by atoms with E-state index in [1.807, 2.05) is 36.4 Å². The van der Waals surface area contributed by atoms with Crippen molar-refractivity contribution in [3.05, 3.63) is 47.5 Å². The van der Waals surface area contributed by atoms with Crippen LogP contribution < -0.4 is 14.8 Å². The summed E-state index contributed by atoms with van der Waals surface area (Å²) in [6.45, 7) is 0.607. The second-order valence-electron chi connectivity index (χ2n) is 4.92. The molecule has 1 heterocycles. The first-order valence-corrected chi connectivity index (χ1v) is 6.87. The number of hydrogen-bond donors (Lipinski definition) is 1. The van der Waals surface area contributed by atoms with E-state index in [1.54, 1.807) is 14.2 Å². The van der Waals surface area contributed by atoms with Crippen LogP contribution in [0.4, 0.5) is 0 Å². The van der Waals surface area contributed by atoms with Crippen molar-refractivity contribution in [2.45, 2.75) is 6.42 Å². The van der Waals surface area contributed by atoms with Crippen LogP contribution in [0.2, 0.25) is 0 Å². The van der Waals surface area contributed by atoms with Crippen molar-refractivity contribution in [2.24, 2.45) is 0 Å². The Labute approximate surface area is 123 Å². The van der Waals surface area contributed by atoms with Gasteiger partial charge in [0, 0.05) is 12.1 Å². The molecule has 0 aliphatic carbocycles. The smallest absolute Gasteiger partial charge is 0.251 e. The summed E-state index contributed by atoms with van der Waals surface area (Å²) in [6.07, 6.45) is 0.760. The highest BCUT2D eigenvalue weighted by Gasteiger charge is 2.20. The van der Waals surface area contributed by atoms with Crippen LogP contribution >= 0.6 is 0 Å². The molecule has 108 valence electrons. The summed E-state index contributed by atoms with van der Waals surface area (Å²) in [5.41, 5.74) is 3.77. The maximum Gasteiger partial charge on any atom is 0.251 e. The first-order valence-electron chi connectivity index (χ1n) is 6.87. The molecule has 0 fully saturated rings. The van der Waals surface area contributed by atoms with E-state index >= 15 is 0 Å². The third-order valence-electron chi connectivity index (χ3n) is 3.75. The number of fused-ring (bicyclic) bond motifs is 3. The number of nitrogens with one attached hydrogen (secondary N) is 1. The van der Waals surface area contributed by atoms with Crippen LogP contribution in [0.3, 0.4) is 0 Å². The first kappa shape index (κ1) is 13.5. The van der Waals surface area contributed by atoms with Crippen LogP contribution in [-0.4, -0.2) is 26.7 Å². The van der Waals surface area contributed by atoms with Crippen LogP contribution in [-0.2, 0) is 6.42 Å². The zero-order valence-corrected chi connectivity index (χ0v) is 12.1. The van der Waals surface area contributed by atoms with Gasteiger partial charge in [0.05, 0.1) is 14.2 Å². The number of carbonyl (C=O) groups is 1. The number of rotatable bonds is 2. The summed E-state index contributed by atoms with van der Waals surface area (Å²) < 4.78 is 10.8. The number of amides is 1. The predicted molar refractivity (Wildman–Crippen MR) is 81.0 cm³/mol. The Balaban J connectivity index is 2.26. The molecule has 1 amide bonds. The lowest BCUT2D eigenvalue weighted by Crippen LogP contribution is -2.28. The van der Waals surface area contributed by atoms with Crippen LogP contribution in [0.5, 0.6) is 11.5 Å². The number of benzene rings is 2. The molecular weight excluding hydrogens is 266 g/mol. The Morgan fingerprint density at radius 1 is 0.952 bits per heavy atom. The zero-order chi connectivity index (χ0) is 14.8. The summed E-state index contributed by atoms with van der Waals surface area (Å²) in [4.78, 5) is 12.2. The molecule has 0 saturated carbocycles. The topological polar surface area (TPSA) is 47.6 Å². The molecule has 0 bridgehead atoms. The molecule has 21 heavy (non-hydrogen) atoms. The average Bonchev–Trinajstić information content (AvgIpc) is 2.52. The molecule has 1 aliphatic heterocycles. The molecule has 0 unspecified atom stereocenters. The van der Waals surface area contributed by atoms with E-state index in [9.17, 15) is 4.79 Å². The van der Waals surface area contributed by atoms with Crippen molar-refractivity contribution in [1.82, 2.24) is 5.32 Å². The van der Waals surface area contributed by atoms with Gasteiger partial charge in [-0.2, -0.15) is 0 Å². The fourth-order valence-electron chi connectivity index (χ4n) is 2.70. The average molecular weight is 283 g/mol. The zero-order valence-electron chi connectivity index (χ0n) is 12.1. The van der Waals surface area contributed by atoms with E-state index in [2.05, 4.69) is 5.32 Å². The highest BCUT2D eigenvalue weighted by atomic mass is 16.5. The lowest BCUT2D eigenvalue weighted by atomic mass is 9.91. The molecular formula is C17H17NO3. The third-order valence-corrected chi connectivity index (χ3v) is 3.75. The molecule has 4 heteroatoms. The van der Waals surface area contributed by atoms with Crippen molar-refractivity contribution in [3.8, 4) is 22.6 Å². The van der Waals surface area contributed by atoms with Gasteiger partial charge in [0.2, 0.25) is 0 Å². The molecule has 0 spiro atoms. The van der Waals surface area contributed by atoms with E-state index in [4.69, 9.17) is 9.47 Å². The number of hydrogen-bond acceptors (Lipinski definition) is 3. The molecule has 0 aromatic heterocycles. The Kier molecular flexibility index (Phi) is 3.52. The second kappa shape index (κ2) is 5.48. The monoisotopic (exact) mass is 283 g/mol. The van der Waals surface area contributed by atoms with Crippen LogP contribution in [0.25, 0.3) is 11.1 Å². The molecule has 2 aromatic rings. The normalized spacial score (nSPS) is 13.3. The van der Waals surface area contributed by atoms with E-state index in [-0.39, 0.29) is 5.91 Å². The van der Waals surface area contributed by atoms with Crippen molar-refractivity contribution in [3.63, 3.8) is 0 Å². The second-order valence-corrected chi connectivity index (χ2v) is 4.92. The van der Waals surface area contributed by atoms with E-state index in [0.717, 1.165) is 23.1 Å². The molecule has 1 aliphatic rings. The van der Waals surface area contributed by atoms with E-state index in [1.165, 1.54) is 0 Å². The summed E-state index contributed by atoms with van der Waals surface area (Å²) in [5.74, 6) is 1.35. The quantitative estimate of drug-likeness (QED) is 0.921. The minimum absolute atomic E-state index is 0.0361. The van der Waals surface area contributed by atoms with Gasteiger partial charge in [-0.25, -0.2) is 0 Å². The number of carbonyl (C=O) groups excluding carboxylic acids is 1. The predicted octanol–water partition coefficient (Wildman–Crippen LogP) is 2.66.